The van der Waals surface area contributed by atoms with Crippen molar-refractivity contribution in [1.29, 1.82) is 0 Å². The number of esters is 1. The maximum atomic E-state index is 12.1. The minimum absolute atomic E-state index is 0.146. The molecule has 0 bridgehead atoms. The Labute approximate surface area is 128 Å². The summed E-state index contributed by atoms with van der Waals surface area (Å²) < 4.78 is 10.5. The van der Waals surface area contributed by atoms with Gasteiger partial charge < -0.3 is 14.4 Å². The zero-order valence-corrected chi connectivity index (χ0v) is 14.1. The summed E-state index contributed by atoms with van der Waals surface area (Å²) in [4.78, 5) is 25.6. The molecular weight excluding hydrogens is 270 g/mol. The van der Waals surface area contributed by atoms with Crippen molar-refractivity contribution >= 4 is 12.1 Å². The van der Waals surface area contributed by atoms with Crippen molar-refractivity contribution in [3.63, 3.8) is 0 Å². The molecule has 0 aromatic heterocycles. The van der Waals surface area contributed by atoms with Gasteiger partial charge in [-0.25, -0.2) is 4.79 Å². The molecule has 1 saturated heterocycles. The van der Waals surface area contributed by atoms with Crippen LogP contribution in [0.1, 0.15) is 48.0 Å². The van der Waals surface area contributed by atoms with Crippen LogP contribution in [0.4, 0.5) is 4.79 Å². The van der Waals surface area contributed by atoms with E-state index < -0.39 is 5.60 Å². The number of ether oxygens (including phenoxy) is 2. The van der Waals surface area contributed by atoms with Gasteiger partial charge in [0.2, 0.25) is 0 Å². The Morgan fingerprint density at radius 2 is 1.67 bits per heavy atom. The van der Waals surface area contributed by atoms with Crippen molar-refractivity contribution in [1.82, 2.24) is 4.90 Å². The zero-order chi connectivity index (χ0) is 16.2. The number of rotatable bonds is 3. The third-order valence-corrected chi connectivity index (χ3v) is 3.84. The molecule has 1 aliphatic heterocycles. The Kier molecular flexibility index (Phi) is 6.05. The maximum Gasteiger partial charge on any atom is 0.410 e. The van der Waals surface area contributed by atoms with Crippen LogP contribution in [-0.2, 0) is 14.3 Å². The molecule has 1 amide bonds. The third kappa shape index (κ3) is 5.56. The van der Waals surface area contributed by atoms with Crippen molar-refractivity contribution in [3.8, 4) is 0 Å². The maximum absolute atomic E-state index is 12.1. The summed E-state index contributed by atoms with van der Waals surface area (Å²) in [7, 11) is 0. The minimum atomic E-state index is -0.481. The number of carbonyl (C=O) groups excluding carboxylic acids is 2. The van der Waals surface area contributed by atoms with Gasteiger partial charge in [0, 0.05) is 19.5 Å². The summed E-state index contributed by atoms with van der Waals surface area (Å²) in [5.41, 5.74) is -0.481. The Morgan fingerprint density at radius 1 is 1.14 bits per heavy atom. The van der Waals surface area contributed by atoms with E-state index >= 15 is 0 Å². The summed E-state index contributed by atoms with van der Waals surface area (Å²) in [6.45, 7) is 13.2. The average molecular weight is 299 g/mol. The number of likely N-dealkylation sites (tertiary alicyclic amines) is 1. The number of amides is 1. The summed E-state index contributed by atoms with van der Waals surface area (Å²) in [5, 5.41) is 0. The molecule has 0 spiro atoms. The van der Waals surface area contributed by atoms with Gasteiger partial charge in [-0.15, -0.1) is 0 Å². The van der Waals surface area contributed by atoms with E-state index in [4.69, 9.17) is 9.47 Å². The van der Waals surface area contributed by atoms with E-state index in [2.05, 4.69) is 13.8 Å². The lowest BCUT2D eigenvalue weighted by atomic mass is 9.77. The van der Waals surface area contributed by atoms with Gasteiger partial charge in [-0.1, -0.05) is 13.8 Å². The van der Waals surface area contributed by atoms with Crippen LogP contribution >= 0.6 is 0 Å². The molecule has 0 aliphatic carbocycles. The molecule has 0 aromatic carbocycles. The molecule has 1 heterocycles. The highest BCUT2D eigenvalue weighted by molar-refractivity contribution is 5.70. The SMILES string of the molecule is CCOC(=O)CC1C(C)CN(C(=O)OC(C)(C)C)CC1C. The number of carbonyl (C=O) groups is 2. The van der Waals surface area contributed by atoms with E-state index in [0.29, 0.717) is 26.1 Å². The summed E-state index contributed by atoms with van der Waals surface area (Å²) >= 11 is 0. The first kappa shape index (κ1) is 17.8. The monoisotopic (exact) mass is 299 g/mol. The first-order valence-corrected chi connectivity index (χ1v) is 7.77. The summed E-state index contributed by atoms with van der Waals surface area (Å²) in [5.74, 6) is 0.617. The van der Waals surface area contributed by atoms with E-state index in [1.54, 1.807) is 4.90 Å². The van der Waals surface area contributed by atoms with Crippen molar-refractivity contribution in [2.24, 2.45) is 17.8 Å². The normalized spacial score (nSPS) is 26.4. The van der Waals surface area contributed by atoms with Crippen LogP contribution in [0.5, 0.6) is 0 Å². The zero-order valence-electron chi connectivity index (χ0n) is 14.1. The number of hydrogen-bond donors (Lipinski definition) is 0. The molecule has 0 radical (unpaired) electrons. The van der Waals surface area contributed by atoms with Gasteiger partial charge in [0.15, 0.2) is 0 Å². The molecule has 2 unspecified atom stereocenters. The Bertz CT molecular complexity index is 363. The van der Waals surface area contributed by atoms with Crippen LogP contribution in [0.2, 0.25) is 0 Å². The lowest BCUT2D eigenvalue weighted by Crippen LogP contribution is -2.49. The highest BCUT2D eigenvalue weighted by atomic mass is 16.6. The Balaban J connectivity index is 2.61. The van der Waals surface area contributed by atoms with Gasteiger partial charge in [-0.2, -0.15) is 0 Å². The quantitative estimate of drug-likeness (QED) is 0.751. The molecule has 1 fully saturated rings. The first-order valence-electron chi connectivity index (χ1n) is 7.77. The second kappa shape index (κ2) is 7.14. The molecule has 21 heavy (non-hydrogen) atoms. The van der Waals surface area contributed by atoms with Gasteiger partial charge in [-0.3, -0.25) is 4.79 Å². The number of piperidine rings is 1. The van der Waals surface area contributed by atoms with Gasteiger partial charge >= 0.3 is 12.1 Å². The van der Waals surface area contributed by atoms with Gasteiger partial charge in [0.25, 0.3) is 0 Å². The molecular formula is C16H29NO4. The fraction of sp³-hybridized carbons (Fsp3) is 0.875. The predicted molar refractivity (Wildman–Crippen MR) is 80.9 cm³/mol. The molecule has 1 rings (SSSR count). The van der Waals surface area contributed by atoms with Crippen LogP contribution < -0.4 is 0 Å². The second-order valence-corrected chi connectivity index (χ2v) is 7.01. The molecule has 5 heteroatoms. The third-order valence-electron chi connectivity index (χ3n) is 3.84. The largest absolute Gasteiger partial charge is 0.466 e. The van der Waals surface area contributed by atoms with Gasteiger partial charge in [0.05, 0.1) is 6.61 Å². The Hall–Kier alpha value is -1.26. The minimum Gasteiger partial charge on any atom is -0.466 e. The average Bonchev–Trinajstić information content (AvgIpc) is 2.31. The molecule has 0 saturated carbocycles. The van der Waals surface area contributed by atoms with Crippen LogP contribution in [0.25, 0.3) is 0 Å². The molecule has 0 N–H and O–H groups in total. The van der Waals surface area contributed by atoms with E-state index in [9.17, 15) is 9.59 Å². The van der Waals surface area contributed by atoms with Crippen LogP contribution in [0.15, 0.2) is 0 Å². The highest BCUT2D eigenvalue weighted by Gasteiger charge is 2.36. The van der Waals surface area contributed by atoms with Crippen LogP contribution in [0, 0.1) is 17.8 Å². The van der Waals surface area contributed by atoms with Crippen molar-refractivity contribution in [2.45, 2.75) is 53.6 Å². The molecule has 2 atom stereocenters. The van der Waals surface area contributed by atoms with Crippen molar-refractivity contribution in [3.05, 3.63) is 0 Å². The molecule has 1 aliphatic rings. The number of hydrogen-bond acceptors (Lipinski definition) is 4. The van der Waals surface area contributed by atoms with E-state index in [1.165, 1.54) is 0 Å². The molecule has 5 nitrogen and oxygen atoms in total. The van der Waals surface area contributed by atoms with Gasteiger partial charge in [0.1, 0.15) is 5.60 Å². The van der Waals surface area contributed by atoms with E-state index in [1.807, 2.05) is 27.7 Å². The second-order valence-electron chi connectivity index (χ2n) is 7.01. The summed E-state index contributed by atoms with van der Waals surface area (Å²) in [6, 6.07) is 0. The lowest BCUT2D eigenvalue weighted by molar-refractivity contribution is -0.145. The lowest BCUT2D eigenvalue weighted by Gasteiger charge is -2.41. The van der Waals surface area contributed by atoms with Crippen LogP contribution in [0.3, 0.4) is 0 Å². The van der Waals surface area contributed by atoms with Crippen molar-refractivity contribution < 1.29 is 19.1 Å². The first-order chi connectivity index (χ1) is 9.64. The summed E-state index contributed by atoms with van der Waals surface area (Å²) in [6.07, 6.45) is 0.161. The number of nitrogens with zero attached hydrogens (tertiary/aromatic N) is 1. The molecule has 122 valence electrons. The topological polar surface area (TPSA) is 55.8 Å². The highest BCUT2D eigenvalue weighted by Crippen LogP contribution is 2.32. The van der Waals surface area contributed by atoms with E-state index in [0.717, 1.165) is 0 Å². The van der Waals surface area contributed by atoms with Crippen molar-refractivity contribution in [2.75, 3.05) is 19.7 Å². The smallest absolute Gasteiger partial charge is 0.410 e. The van der Waals surface area contributed by atoms with E-state index in [-0.39, 0.29) is 29.8 Å². The van der Waals surface area contributed by atoms with Crippen LogP contribution in [-0.4, -0.2) is 42.3 Å². The van der Waals surface area contributed by atoms with Gasteiger partial charge in [-0.05, 0) is 45.4 Å². The fourth-order valence-electron chi connectivity index (χ4n) is 2.89. The molecule has 0 aromatic rings. The Morgan fingerprint density at radius 3 is 2.10 bits per heavy atom. The standard InChI is InChI=1S/C16H29NO4/c1-7-20-14(18)8-13-11(2)9-17(10-12(13)3)15(19)21-16(4,5)6/h11-13H,7-10H2,1-6H3. The predicted octanol–water partition coefficient (Wildman–Crippen LogP) is 3.08. The fourth-order valence-corrected chi connectivity index (χ4v) is 2.89.